The van der Waals surface area contributed by atoms with Crippen LogP contribution in [0.2, 0.25) is 0 Å². The molecule has 2 atom stereocenters. The van der Waals surface area contributed by atoms with Gasteiger partial charge in [0.25, 0.3) is 0 Å². The second kappa shape index (κ2) is 9.09. The number of hydrogen-bond acceptors (Lipinski definition) is 5. The molecule has 2 unspecified atom stereocenters. The van der Waals surface area contributed by atoms with Crippen LogP contribution >= 0.6 is 11.3 Å². The minimum atomic E-state index is -0.983. The standard InChI is InChI=1S/C19H24N2O4S/c22-16(21-18(19(23)24)13-6-5-11-25-12-13)9-3-4-10-17-20-14-7-1-2-8-15(14)26-17/h1-2,7-8,13,18H,3-6,9-12H2,(H,21,22)(H,23,24). The summed E-state index contributed by atoms with van der Waals surface area (Å²) in [6.07, 6.45) is 4.36. The number of fused-ring (bicyclic) bond motifs is 1. The third kappa shape index (κ3) is 5.02. The molecule has 0 aliphatic carbocycles. The quantitative estimate of drug-likeness (QED) is 0.692. The number of aliphatic carboxylic acids is 1. The highest BCUT2D eigenvalue weighted by atomic mass is 32.1. The number of amides is 1. The van der Waals surface area contributed by atoms with Crippen LogP contribution in [0.3, 0.4) is 0 Å². The van der Waals surface area contributed by atoms with Gasteiger partial charge in [0, 0.05) is 18.9 Å². The van der Waals surface area contributed by atoms with Crippen molar-refractivity contribution < 1.29 is 19.4 Å². The number of hydrogen-bond donors (Lipinski definition) is 2. The van der Waals surface area contributed by atoms with Crippen molar-refractivity contribution in [3.63, 3.8) is 0 Å². The molecule has 2 heterocycles. The molecule has 0 bridgehead atoms. The van der Waals surface area contributed by atoms with Gasteiger partial charge in [0.15, 0.2) is 0 Å². The molecule has 26 heavy (non-hydrogen) atoms. The number of carboxylic acids is 1. The molecular weight excluding hydrogens is 352 g/mol. The molecule has 140 valence electrons. The van der Waals surface area contributed by atoms with Crippen LogP contribution in [-0.4, -0.2) is 41.2 Å². The number of unbranched alkanes of at least 4 members (excludes halogenated alkanes) is 1. The van der Waals surface area contributed by atoms with Gasteiger partial charge in [-0.1, -0.05) is 12.1 Å². The van der Waals surface area contributed by atoms with Gasteiger partial charge < -0.3 is 15.2 Å². The lowest BCUT2D eigenvalue weighted by molar-refractivity contribution is -0.145. The summed E-state index contributed by atoms with van der Waals surface area (Å²) in [6, 6.07) is 7.19. The number of para-hydroxylation sites is 1. The van der Waals surface area contributed by atoms with E-state index >= 15 is 0 Å². The van der Waals surface area contributed by atoms with Gasteiger partial charge in [0.1, 0.15) is 6.04 Å². The van der Waals surface area contributed by atoms with Crippen LogP contribution in [0.1, 0.15) is 37.1 Å². The Morgan fingerprint density at radius 1 is 1.35 bits per heavy atom. The van der Waals surface area contributed by atoms with Gasteiger partial charge in [-0.15, -0.1) is 11.3 Å². The molecule has 0 saturated carbocycles. The zero-order valence-electron chi connectivity index (χ0n) is 14.6. The summed E-state index contributed by atoms with van der Waals surface area (Å²) >= 11 is 1.69. The Bertz CT molecular complexity index is 722. The Labute approximate surface area is 156 Å². The fraction of sp³-hybridized carbons (Fsp3) is 0.526. The highest BCUT2D eigenvalue weighted by Gasteiger charge is 2.31. The van der Waals surface area contributed by atoms with Crippen molar-refractivity contribution in [1.82, 2.24) is 10.3 Å². The molecule has 1 aliphatic rings. The SMILES string of the molecule is O=C(CCCCc1nc2ccccc2s1)NC(C(=O)O)C1CCCOC1. The fourth-order valence-corrected chi connectivity index (χ4v) is 4.25. The Balaban J connectivity index is 1.42. The summed E-state index contributed by atoms with van der Waals surface area (Å²) < 4.78 is 6.53. The van der Waals surface area contributed by atoms with Gasteiger partial charge in [-0.25, -0.2) is 9.78 Å². The molecule has 1 saturated heterocycles. The van der Waals surface area contributed by atoms with E-state index in [2.05, 4.69) is 16.4 Å². The Hall–Kier alpha value is -1.99. The Morgan fingerprint density at radius 3 is 2.92 bits per heavy atom. The molecule has 1 aromatic heterocycles. The first kappa shape index (κ1) is 18.8. The predicted molar refractivity (Wildman–Crippen MR) is 100 cm³/mol. The van der Waals surface area contributed by atoms with Crippen molar-refractivity contribution in [2.45, 2.75) is 44.6 Å². The molecule has 1 aromatic carbocycles. The van der Waals surface area contributed by atoms with Crippen LogP contribution in [0.5, 0.6) is 0 Å². The first-order chi connectivity index (χ1) is 12.6. The smallest absolute Gasteiger partial charge is 0.326 e. The molecule has 7 heteroatoms. The number of carboxylic acid groups (broad SMARTS) is 1. The van der Waals surface area contributed by atoms with Crippen LogP contribution in [0, 0.1) is 5.92 Å². The number of aryl methyl sites for hydroxylation is 1. The van der Waals surface area contributed by atoms with E-state index in [-0.39, 0.29) is 11.8 Å². The van der Waals surface area contributed by atoms with Crippen LogP contribution < -0.4 is 5.32 Å². The molecule has 0 spiro atoms. The maximum atomic E-state index is 12.1. The summed E-state index contributed by atoms with van der Waals surface area (Å²) in [6.45, 7) is 1.07. The van der Waals surface area contributed by atoms with E-state index in [0.29, 0.717) is 19.6 Å². The summed E-state index contributed by atoms with van der Waals surface area (Å²) in [5.41, 5.74) is 1.02. The van der Waals surface area contributed by atoms with Crippen LogP contribution in [0.25, 0.3) is 10.2 Å². The lowest BCUT2D eigenvalue weighted by atomic mass is 9.93. The summed E-state index contributed by atoms with van der Waals surface area (Å²) in [7, 11) is 0. The number of nitrogens with one attached hydrogen (secondary N) is 1. The summed E-state index contributed by atoms with van der Waals surface area (Å²) in [5, 5.41) is 13.1. The predicted octanol–water partition coefficient (Wildman–Crippen LogP) is 3.01. The molecule has 1 aliphatic heterocycles. The molecule has 3 rings (SSSR count). The molecule has 6 nitrogen and oxygen atoms in total. The summed E-state index contributed by atoms with van der Waals surface area (Å²) in [5.74, 6) is -1.33. The largest absolute Gasteiger partial charge is 0.480 e. The molecule has 2 aromatic rings. The second-order valence-electron chi connectivity index (χ2n) is 6.64. The van der Waals surface area contributed by atoms with E-state index in [1.807, 2.05) is 18.2 Å². The minimum Gasteiger partial charge on any atom is -0.480 e. The zero-order valence-corrected chi connectivity index (χ0v) is 15.5. The fourth-order valence-electron chi connectivity index (χ4n) is 3.24. The number of thiazole rings is 1. The highest BCUT2D eigenvalue weighted by molar-refractivity contribution is 7.18. The second-order valence-corrected chi connectivity index (χ2v) is 7.76. The van der Waals surface area contributed by atoms with E-state index in [4.69, 9.17) is 4.74 Å². The number of ether oxygens (including phenoxy) is 1. The average molecular weight is 376 g/mol. The zero-order chi connectivity index (χ0) is 18.4. The summed E-state index contributed by atoms with van der Waals surface area (Å²) in [4.78, 5) is 28.2. The lowest BCUT2D eigenvalue weighted by Crippen LogP contribution is -2.48. The van der Waals surface area contributed by atoms with E-state index in [1.54, 1.807) is 11.3 Å². The number of nitrogens with zero attached hydrogens (tertiary/aromatic N) is 1. The van der Waals surface area contributed by atoms with Crippen LogP contribution in [0.4, 0.5) is 0 Å². The normalized spacial score (nSPS) is 18.5. The molecule has 1 amide bonds. The lowest BCUT2D eigenvalue weighted by Gasteiger charge is -2.28. The van der Waals surface area contributed by atoms with E-state index in [1.165, 1.54) is 4.70 Å². The molecule has 2 N–H and O–H groups in total. The van der Waals surface area contributed by atoms with E-state index in [9.17, 15) is 14.7 Å². The van der Waals surface area contributed by atoms with Gasteiger partial charge in [-0.2, -0.15) is 0 Å². The van der Waals surface area contributed by atoms with Gasteiger partial charge in [-0.3, -0.25) is 4.79 Å². The Morgan fingerprint density at radius 2 is 2.19 bits per heavy atom. The first-order valence-corrected chi connectivity index (χ1v) is 9.89. The maximum Gasteiger partial charge on any atom is 0.326 e. The number of benzene rings is 1. The van der Waals surface area contributed by atoms with Crippen molar-refractivity contribution in [2.24, 2.45) is 5.92 Å². The third-order valence-corrected chi connectivity index (χ3v) is 5.73. The maximum absolute atomic E-state index is 12.1. The third-order valence-electron chi connectivity index (χ3n) is 4.63. The van der Waals surface area contributed by atoms with Crippen molar-refractivity contribution in [3.05, 3.63) is 29.3 Å². The number of carbonyl (C=O) groups excluding carboxylic acids is 1. The number of rotatable bonds is 8. The van der Waals surface area contributed by atoms with Gasteiger partial charge in [0.05, 0.1) is 21.8 Å². The van der Waals surface area contributed by atoms with Crippen molar-refractivity contribution in [2.75, 3.05) is 13.2 Å². The minimum absolute atomic E-state index is 0.145. The van der Waals surface area contributed by atoms with Crippen LogP contribution in [0.15, 0.2) is 24.3 Å². The monoisotopic (exact) mass is 376 g/mol. The van der Waals surface area contributed by atoms with Crippen LogP contribution in [-0.2, 0) is 20.7 Å². The van der Waals surface area contributed by atoms with Crippen molar-refractivity contribution in [3.8, 4) is 0 Å². The van der Waals surface area contributed by atoms with Gasteiger partial charge >= 0.3 is 5.97 Å². The van der Waals surface area contributed by atoms with Crippen molar-refractivity contribution in [1.29, 1.82) is 0 Å². The molecular formula is C19H24N2O4S. The molecule has 1 fully saturated rings. The van der Waals surface area contributed by atoms with Gasteiger partial charge in [0.2, 0.25) is 5.91 Å². The average Bonchev–Trinajstić information content (AvgIpc) is 3.06. The van der Waals surface area contributed by atoms with E-state index in [0.717, 1.165) is 42.6 Å². The van der Waals surface area contributed by atoms with Crippen molar-refractivity contribution >= 4 is 33.4 Å². The number of carbonyl (C=O) groups is 2. The Kier molecular flexibility index (Phi) is 6.57. The van der Waals surface area contributed by atoms with Gasteiger partial charge in [-0.05, 0) is 44.2 Å². The highest BCUT2D eigenvalue weighted by Crippen LogP contribution is 2.23. The first-order valence-electron chi connectivity index (χ1n) is 9.08. The molecule has 0 radical (unpaired) electrons. The topological polar surface area (TPSA) is 88.5 Å². The number of aromatic nitrogens is 1. The van der Waals surface area contributed by atoms with E-state index < -0.39 is 12.0 Å².